The summed E-state index contributed by atoms with van der Waals surface area (Å²) in [4.78, 5) is 59.1. The molecule has 1 saturated heterocycles. The van der Waals surface area contributed by atoms with E-state index in [1.165, 1.54) is 40.4 Å². The van der Waals surface area contributed by atoms with Crippen molar-refractivity contribution in [3.63, 3.8) is 0 Å². The summed E-state index contributed by atoms with van der Waals surface area (Å²) in [6.45, 7) is 3.84. The Bertz CT molecular complexity index is 1430. The lowest BCUT2D eigenvalue weighted by Gasteiger charge is -2.49. The number of nitrogens with one attached hydrogen (secondary N) is 2. The molecule has 0 radical (unpaired) electrons. The van der Waals surface area contributed by atoms with Crippen molar-refractivity contribution in [3.8, 4) is 0 Å². The topological polar surface area (TPSA) is 130 Å². The van der Waals surface area contributed by atoms with Gasteiger partial charge in [0.15, 0.2) is 11.6 Å². The van der Waals surface area contributed by atoms with Crippen molar-refractivity contribution < 1.29 is 28.8 Å². The molecule has 3 aliphatic heterocycles. The molecular formula is C29H27N5O6S2. The van der Waals surface area contributed by atoms with Crippen LogP contribution in [-0.2, 0) is 28.8 Å². The lowest BCUT2D eigenvalue weighted by atomic mass is 10.0. The fraction of sp³-hybridized carbons (Fsp3) is 0.207. The van der Waals surface area contributed by atoms with Gasteiger partial charge < -0.3 is 20.2 Å². The first-order valence-corrected chi connectivity index (χ1v) is 14.8. The van der Waals surface area contributed by atoms with Crippen molar-refractivity contribution in [2.24, 2.45) is 5.16 Å². The van der Waals surface area contributed by atoms with Crippen LogP contribution in [0.1, 0.15) is 17.2 Å². The van der Waals surface area contributed by atoms with E-state index in [1.54, 1.807) is 17.7 Å². The highest BCUT2D eigenvalue weighted by Gasteiger charge is 2.55. The molecule has 2 aromatic rings. The van der Waals surface area contributed by atoms with Crippen molar-refractivity contribution >= 4 is 53.6 Å². The summed E-state index contributed by atoms with van der Waals surface area (Å²) < 4.78 is 6.06. The average molecular weight is 606 g/mol. The molecule has 0 bridgehead atoms. The number of amides is 3. The molecule has 0 spiro atoms. The van der Waals surface area contributed by atoms with Gasteiger partial charge in [-0.3, -0.25) is 24.2 Å². The van der Waals surface area contributed by atoms with Crippen LogP contribution in [0.4, 0.5) is 0 Å². The van der Waals surface area contributed by atoms with E-state index in [9.17, 15) is 19.2 Å². The van der Waals surface area contributed by atoms with Gasteiger partial charge in [0, 0.05) is 12.0 Å². The Labute approximate surface area is 250 Å². The molecule has 3 aliphatic rings. The number of hydrogen-bond donors (Lipinski definition) is 2. The number of thioether (sulfide) groups is 2. The van der Waals surface area contributed by atoms with Gasteiger partial charge in [-0.05, 0) is 22.1 Å². The Balaban J connectivity index is 1.36. The molecule has 13 heteroatoms. The number of carbonyl (C=O) groups is 4. The van der Waals surface area contributed by atoms with Crippen LogP contribution in [0.3, 0.4) is 0 Å². The lowest BCUT2D eigenvalue weighted by Crippen LogP contribution is -2.71. The van der Waals surface area contributed by atoms with E-state index in [0.717, 1.165) is 11.1 Å². The Morgan fingerprint density at radius 1 is 1.12 bits per heavy atom. The number of rotatable bonds is 9. The predicted octanol–water partition coefficient (Wildman–Crippen LogP) is 2.67. The molecular weight excluding hydrogens is 578 g/mol. The zero-order valence-corrected chi connectivity index (χ0v) is 24.0. The van der Waals surface area contributed by atoms with Crippen molar-refractivity contribution in [1.29, 1.82) is 0 Å². The molecule has 2 aromatic carbocycles. The first kappa shape index (κ1) is 29.0. The van der Waals surface area contributed by atoms with Crippen molar-refractivity contribution in [3.05, 3.63) is 107 Å². The molecule has 3 atom stereocenters. The predicted molar refractivity (Wildman–Crippen MR) is 159 cm³/mol. The minimum Gasteiger partial charge on any atom is -0.448 e. The molecule has 42 heavy (non-hydrogen) atoms. The third-order valence-electron chi connectivity index (χ3n) is 6.67. The quantitative estimate of drug-likeness (QED) is 0.111. The smallest absolute Gasteiger partial charge is 0.356 e. The third-order valence-corrected chi connectivity index (χ3v) is 8.87. The summed E-state index contributed by atoms with van der Waals surface area (Å²) in [5.41, 5.74) is 1.60. The number of β-lactam (4-membered cyclic amide) rings is 1. The fourth-order valence-corrected chi connectivity index (χ4v) is 6.84. The molecule has 1 fully saturated rings. The molecule has 0 saturated carbocycles. The van der Waals surface area contributed by atoms with Crippen molar-refractivity contribution in [2.45, 2.75) is 23.0 Å². The maximum atomic E-state index is 13.7. The molecule has 216 valence electrons. The second-order valence-electron chi connectivity index (χ2n) is 9.11. The molecule has 0 aromatic heterocycles. The molecule has 2 unspecified atom stereocenters. The van der Waals surface area contributed by atoms with Crippen molar-refractivity contribution in [1.82, 2.24) is 20.4 Å². The lowest BCUT2D eigenvalue weighted by molar-refractivity contribution is -0.154. The normalized spacial score (nSPS) is 21.4. The SMILES string of the molecule is C=CC1=C(C(=O)OC(c2ccccc2)c2ccccc2)N2C(=O)C(NC(=O)C(=NOC)N3C=CSC3NC=O)[C@H]2SC1. The van der Waals surface area contributed by atoms with Gasteiger partial charge in [0.1, 0.15) is 24.2 Å². The van der Waals surface area contributed by atoms with Crippen LogP contribution in [0.5, 0.6) is 0 Å². The van der Waals surface area contributed by atoms with Gasteiger partial charge in [0.2, 0.25) is 12.2 Å². The molecule has 3 heterocycles. The number of oxime groups is 1. The summed E-state index contributed by atoms with van der Waals surface area (Å²) in [7, 11) is 1.28. The van der Waals surface area contributed by atoms with E-state index in [-0.39, 0.29) is 11.5 Å². The Morgan fingerprint density at radius 2 is 1.79 bits per heavy atom. The number of fused-ring (bicyclic) bond motifs is 1. The van der Waals surface area contributed by atoms with Gasteiger partial charge in [-0.25, -0.2) is 4.79 Å². The number of amidine groups is 1. The van der Waals surface area contributed by atoms with E-state index >= 15 is 0 Å². The van der Waals surface area contributed by atoms with Gasteiger partial charge in [-0.2, -0.15) is 0 Å². The first-order chi connectivity index (χ1) is 20.5. The number of benzene rings is 2. The standard InChI is InChI=1S/C29H27N5O6S2/c1-3-18-16-42-27-21(31-25(36)24(32-39-2)33-14-15-41-29(33)30-17-35)26(37)34(27)22(18)28(38)40-23(19-10-6-4-7-11-19)20-12-8-5-9-13-20/h3-15,17,21,23,27,29H,1,16H2,2H3,(H,30,35)(H,31,36)/t21?,27-,29?/m1/s1. The second-order valence-corrected chi connectivity index (χ2v) is 11.2. The van der Waals surface area contributed by atoms with Crippen LogP contribution >= 0.6 is 23.5 Å². The monoisotopic (exact) mass is 605 g/mol. The van der Waals surface area contributed by atoms with Crippen LogP contribution in [0.2, 0.25) is 0 Å². The van der Waals surface area contributed by atoms with Crippen LogP contribution < -0.4 is 10.6 Å². The highest BCUT2D eigenvalue weighted by atomic mass is 32.2. The average Bonchev–Trinajstić information content (AvgIpc) is 3.48. The largest absolute Gasteiger partial charge is 0.448 e. The number of ether oxygens (including phenoxy) is 1. The van der Waals surface area contributed by atoms with Gasteiger partial charge in [-0.15, -0.1) is 11.8 Å². The zero-order chi connectivity index (χ0) is 29.6. The molecule has 3 amide bonds. The van der Waals surface area contributed by atoms with Crippen molar-refractivity contribution in [2.75, 3.05) is 12.9 Å². The number of nitrogens with zero attached hydrogens (tertiary/aromatic N) is 3. The number of allylic oxidation sites excluding steroid dienone is 1. The minimum atomic E-state index is -0.936. The fourth-order valence-electron chi connectivity index (χ4n) is 4.71. The summed E-state index contributed by atoms with van der Waals surface area (Å²) in [5.74, 6) is -1.61. The zero-order valence-electron chi connectivity index (χ0n) is 22.4. The molecule has 11 nitrogen and oxygen atoms in total. The van der Waals surface area contributed by atoms with E-state index in [1.807, 2.05) is 60.7 Å². The molecule has 2 N–H and O–H groups in total. The summed E-state index contributed by atoms with van der Waals surface area (Å²) in [5, 5.41) is 10.2. The van der Waals surface area contributed by atoms with Crippen LogP contribution in [-0.4, -0.2) is 69.6 Å². The Morgan fingerprint density at radius 3 is 2.38 bits per heavy atom. The molecule has 5 rings (SSSR count). The Hall–Kier alpha value is -4.49. The van der Waals surface area contributed by atoms with Crippen LogP contribution in [0, 0.1) is 0 Å². The summed E-state index contributed by atoms with van der Waals surface area (Å²) in [6.07, 6.45) is 2.91. The highest BCUT2D eigenvalue weighted by Crippen LogP contribution is 2.42. The van der Waals surface area contributed by atoms with Gasteiger partial charge in [-0.1, -0.05) is 90.2 Å². The molecule has 0 aliphatic carbocycles. The van der Waals surface area contributed by atoms with Gasteiger partial charge >= 0.3 is 5.97 Å². The van der Waals surface area contributed by atoms with E-state index in [4.69, 9.17) is 9.57 Å². The third kappa shape index (κ3) is 5.65. The van der Waals surface area contributed by atoms with E-state index in [2.05, 4.69) is 22.4 Å². The second kappa shape index (κ2) is 13.0. The van der Waals surface area contributed by atoms with Crippen LogP contribution in [0.25, 0.3) is 0 Å². The minimum absolute atomic E-state index is 0.0982. The van der Waals surface area contributed by atoms with Gasteiger partial charge in [0.25, 0.3) is 11.8 Å². The van der Waals surface area contributed by atoms with Crippen LogP contribution in [0.15, 0.2) is 101 Å². The summed E-state index contributed by atoms with van der Waals surface area (Å²) >= 11 is 2.64. The summed E-state index contributed by atoms with van der Waals surface area (Å²) in [6, 6.07) is 17.8. The maximum absolute atomic E-state index is 13.7. The number of esters is 1. The first-order valence-electron chi connectivity index (χ1n) is 12.8. The number of carbonyl (C=O) groups excluding carboxylic acids is 4. The highest BCUT2D eigenvalue weighted by molar-refractivity contribution is 8.02. The van der Waals surface area contributed by atoms with Gasteiger partial charge in [0.05, 0.1) is 0 Å². The Kier molecular flexibility index (Phi) is 8.98. The maximum Gasteiger partial charge on any atom is 0.356 e. The van der Waals surface area contributed by atoms with E-state index in [0.29, 0.717) is 17.7 Å². The number of hydrogen-bond acceptors (Lipinski definition) is 9. The van der Waals surface area contributed by atoms with E-state index < -0.39 is 40.8 Å².